The van der Waals surface area contributed by atoms with Crippen LogP contribution in [0.3, 0.4) is 0 Å². The number of hydrogen-bond acceptors (Lipinski definition) is 3. The van der Waals surface area contributed by atoms with Crippen molar-refractivity contribution in [3.63, 3.8) is 0 Å². The molecule has 1 aliphatic rings. The largest absolute Gasteiger partial charge is 0.298 e. The van der Waals surface area contributed by atoms with Crippen LogP contribution in [0.2, 0.25) is 0 Å². The molecule has 0 aromatic carbocycles. The molecule has 0 N–H and O–H groups in total. The van der Waals surface area contributed by atoms with Crippen LogP contribution >= 0.6 is 0 Å². The summed E-state index contributed by atoms with van der Waals surface area (Å²) in [7, 11) is 0. The maximum atomic E-state index is 12.7. The van der Waals surface area contributed by atoms with Gasteiger partial charge >= 0.3 is 0 Å². The zero-order chi connectivity index (χ0) is 15.2. The number of amides is 2. The van der Waals surface area contributed by atoms with Gasteiger partial charge in [-0.05, 0) is 13.8 Å². The van der Waals surface area contributed by atoms with Crippen molar-refractivity contribution < 1.29 is 14.4 Å². The molecule has 108 valence electrons. The second-order valence-corrected chi connectivity index (χ2v) is 7.39. The molecule has 4 heteroatoms. The lowest BCUT2D eigenvalue weighted by molar-refractivity contribution is -0.155. The molecular weight excluding hydrogens is 242 g/mol. The minimum Gasteiger partial charge on any atom is -0.298 e. The number of imide groups is 1. The van der Waals surface area contributed by atoms with Gasteiger partial charge in [-0.15, -0.1) is 0 Å². The van der Waals surface area contributed by atoms with E-state index in [2.05, 4.69) is 0 Å². The Balaban J connectivity index is 3.21. The summed E-state index contributed by atoms with van der Waals surface area (Å²) in [6.07, 6.45) is 0.504. The van der Waals surface area contributed by atoms with Gasteiger partial charge in [0.1, 0.15) is 5.78 Å². The Kier molecular flexibility index (Phi) is 3.70. The van der Waals surface area contributed by atoms with E-state index in [1.54, 1.807) is 13.8 Å². The van der Waals surface area contributed by atoms with Crippen LogP contribution in [0.5, 0.6) is 0 Å². The smallest absolute Gasteiger partial charge is 0.230 e. The van der Waals surface area contributed by atoms with E-state index in [1.165, 1.54) is 4.90 Å². The van der Waals surface area contributed by atoms with Crippen LogP contribution in [0.1, 0.15) is 61.3 Å². The van der Waals surface area contributed by atoms with Gasteiger partial charge in [-0.2, -0.15) is 0 Å². The SMILES string of the molecule is CC(C)(C)C(=O)C(C)(C)C(C)(C)N1C(=O)CCC1=O. The quantitative estimate of drug-likeness (QED) is 0.738. The average Bonchev–Trinajstić information content (AvgIpc) is 2.55. The molecule has 0 aromatic heterocycles. The van der Waals surface area contributed by atoms with E-state index in [4.69, 9.17) is 0 Å². The molecule has 0 unspecified atom stereocenters. The first-order chi connectivity index (χ1) is 8.33. The van der Waals surface area contributed by atoms with Crippen LogP contribution in [0.25, 0.3) is 0 Å². The summed E-state index contributed by atoms with van der Waals surface area (Å²) in [6, 6.07) is 0. The van der Waals surface area contributed by atoms with Crippen LogP contribution in [0, 0.1) is 10.8 Å². The predicted octanol–water partition coefficient (Wildman–Crippen LogP) is 2.56. The Hall–Kier alpha value is -1.19. The van der Waals surface area contributed by atoms with Crippen molar-refractivity contribution >= 4 is 17.6 Å². The summed E-state index contributed by atoms with van der Waals surface area (Å²) in [5.74, 6) is -0.299. The summed E-state index contributed by atoms with van der Waals surface area (Å²) < 4.78 is 0. The molecule has 0 aromatic rings. The maximum absolute atomic E-state index is 12.7. The summed E-state index contributed by atoms with van der Waals surface area (Å²) >= 11 is 0. The van der Waals surface area contributed by atoms with Crippen LogP contribution in [0.4, 0.5) is 0 Å². The summed E-state index contributed by atoms with van der Waals surface area (Å²) in [6.45, 7) is 12.8. The normalized spacial score (nSPS) is 18.2. The van der Waals surface area contributed by atoms with E-state index in [0.29, 0.717) is 0 Å². The topological polar surface area (TPSA) is 54.5 Å². The third kappa shape index (κ3) is 2.45. The van der Waals surface area contributed by atoms with Crippen molar-refractivity contribution in [2.45, 2.75) is 66.8 Å². The molecule has 19 heavy (non-hydrogen) atoms. The van der Waals surface area contributed by atoms with E-state index in [9.17, 15) is 14.4 Å². The number of nitrogens with zero attached hydrogens (tertiary/aromatic N) is 1. The van der Waals surface area contributed by atoms with Gasteiger partial charge in [0.2, 0.25) is 11.8 Å². The van der Waals surface area contributed by atoms with E-state index in [0.717, 1.165) is 0 Å². The van der Waals surface area contributed by atoms with E-state index in [1.807, 2.05) is 34.6 Å². The fraction of sp³-hybridized carbons (Fsp3) is 0.800. The highest BCUT2D eigenvalue weighted by Gasteiger charge is 2.54. The highest BCUT2D eigenvalue weighted by Crippen LogP contribution is 2.43. The van der Waals surface area contributed by atoms with Crippen LogP contribution in [-0.2, 0) is 14.4 Å². The highest BCUT2D eigenvalue weighted by atomic mass is 16.2. The van der Waals surface area contributed by atoms with Gasteiger partial charge in [0, 0.05) is 23.7 Å². The van der Waals surface area contributed by atoms with Gasteiger partial charge < -0.3 is 0 Å². The first-order valence-electron chi connectivity index (χ1n) is 6.74. The zero-order valence-electron chi connectivity index (χ0n) is 13.1. The molecule has 0 spiro atoms. The lowest BCUT2D eigenvalue weighted by Gasteiger charge is -2.47. The van der Waals surface area contributed by atoms with Gasteiger partial charge in [0.05, 0.1) is 5.54 Å². The second-order valence-electron chi connectivity index (χ2n) is 7.39. The Labute approximate surface area is 115 Å². The molecular formula is C15H25NO3. The molecule has 1 rings (SSSR count). The zero-order valence-corrected chi connectivity index (χ0v) is 13.1. The maximum Gasteiger partial charge on any atom is 0.230 e. The van der Waals surface area contributed by atoms with E-state index in [-0.39, 0.29) is 30.4 Å². The third-order valence-corrected chi connectivity index (χ3v) is 4.39. The van der Waals surface area contributed by atoms with Crippen molar-refractivity contribution in [3.8, 4) is 0 Å². The number of carbonyl (C=O) groups is 3. The first-order valence-corrected chi connectivity index (χ1v) is 6.74. The van der Waals surface area contributed by atoms with Gasteiger partial charge in [-0.25, -0.2) is 0 Å². The van der Waals surface area contributed by atoms with Crippen molar-refractivity contribution in [3.05, 3.63) is 0 Å². The number of ketones is 1. The summed E-state index contributed by atoms with van der Waals surface area (Å²) in [4.78, 5) is 37.8. The first kappa shape index (κ1) is 15.9. The van der Waals surface area contributed by atoms with Gasteiger partial charge in [-0.1, -0.05) is 34.6 Å². The molecule has 0 bridgehead atoms. The number of Topliss-reactive ketones (excluding diaryl/α,β-unsaturated/α-hetero) is 1. The predicted molar refractivity (Wildman–Crippen MR) is 73.4 cm³/mol. The van der Waals surface area contributed by atoms with Gasteiger partial charge in [0.15, 0.2) is 0 Å². The number of rotatable bonds is 3. The summed E-state index contributed by atoms with van der Waals surface area (Å²) in [5.41, 5.74) is -2.12. The van der Waals surface area contributed by atoms with Crippen LogP contribution in [0.15, 0.2) is 0 Å². The molecule has 0 saturated carbocycles. The molecule has 1 aliphatic heterocycles. The molecule has 1 heterocycles. The molecule has 1 fully saturated rings. The Morgan fingerprint density at radius 1 is 0.895 bits per heavy atom. The average molecular weight is 267 g/mol. The molecule has 0 aliphatic carbocycles. The third-order valence-electron chi connectivity index (χ3n) is 4.39. The number of likely N-dealkylation sites (tertiary alicyclic amines) is 1. The van der Waals surface area contributed by atoms with Crippen molar-refractivity contribution in [2.24, 2.45) is 10.8 Å². The summed E-state index contributed by atoms with van der Waals surface area (Å²) in [5, 5.41) is 0. The van der Waals surface area contributed by atoms with E-state index >= 15 is 0 Å². The fourth-order valence-corrected chi connectivity index (χ4v) is 2.69. The van der Waals surface area contributed by atoms with Gasteiger partial charge in [-0.3, -0.25) is 19.3 Å². The van der Waals surface area contributed by atoms with Crippen molar-refractivity contribution in [1.29, 1.82) is 0 Å². The van der Waals surface area contributed by atoms with E-state index < -0.39 is 16.4 Å². The standard InChI is InChI=1S/C15H25NO3/c1-13(2,3)12(19)14(4,5)15(6,7)16-10(17)8-9-11(16)18/h8-9H2,1-7H3. The number of carbonyl (C=O) groups excluding carboxylic acids is 3. The molecule has 1 saturated heterocycles. The Morgan fingerprint density at radius 2 is 1.26 bits per heavy atom. The number of hydrogen-bond donors (Lipinski definition) is 0. The van der Waals surface area contributed by atoms with Gasteiger partial charge in [0.25, 0.3) is 0 Å². The minimum atomic E-state index is -0.817. The van der Waals surface area contributed by atoms with Crippen LogP contribution in [-0.4, -0.2) is 28.0 Å². The molecule has 0 radical (unpaired) electrons. The fourth-order valence-electron chi connectivity index (χ4n) is 2.69. The lowest BCUT2D eigenvalue weighted by atomic mass is 9.64. The van der Waals surface area contributed by atoms with Crippen molar-refractivity contribution in [1.82, 2.24) is 4.90 Å². The monoisotopic (exact) mass is 267 g/mol. The Morgan fingerprint density at radius 3 is 1.58 bits per heavy atom. The van der Waals surface area contributed by atoms with Crippen LogP contribution < -0.4 is 0 Å². The molecule has 0 atom stereocenters. The minimum absolute atomic E-state index is 0.0532. The molecule has 4 nitrogen and oxygen atoms in total. The highest BCUT2D eigenvalue weighted by molar-refractivity contribution is 6.04. The molecule has 2 amide bonds. The lowest BCUT2D eigenvalue weighted by Crippen LogP contribution is -2.60. The van der Waals surface area contributed by atoms with Crippen molar-refractivity contribution in [2.75, 3.05) is 0 Å². The Bertz CT molecular complexity index is 411. The second kappa shape index (κ2) is 4.43.